The molecule has 0 radical (unpaired) electrons. The lowest BCUT2D eigenvalue weighted by molar-refractivity contribution is 0.102. The fourth-order valence-corrected chi connectivity index (χ4v) is 4.00. The second-order valence-corrected chi connectivity index (χ2v) is 7.75. The van der Waals surface area contributed by atoms with Gasteiger partial charge in [-0.3, -0.25) is 14.8 Å². The Hall–Kier alpha value is -3.59. The summed E-state index contributed by atoms with van der Waals surface area (Å²) in [6.45, 7) is 3.70. The molecule has 1 saturated heterocycles. The van der Waals surface area contributed by atoms with Gasteiger partial charge in [0.2, 0.25) is 0 Å². The number of hydrogen-bond donors (Lipinski definition) is 3. The zero-order valence-electron chi connectivity index (χ0n) is 17.0. The molecule has 3 aromatic heterocycles. The van der Waals surface area contributed by atoms with Gasteiger partial charge in [0.05, 0.1) is 22.6 Å². The van der Waals surface area contributed by atoms with Crippen LogP contribution in [0, 0.1) is 12.7 Å². The van der Waals surface area contributed by atoms with Crippen LogP contribution in [0.5, 0.6) is 0 Å². The van der Waals surface area contributed by atoms with Crippen LogP contribution in [0.15, 0.2) is 43.0 Å². The summed E-state index contributed by atoms with van der Waals surface area (Å²) in [4.78, 5) is 26.0. The van der Waals surface area contributed by atoms with Gasteiger partial charge in [-0.2, -0.15) is 0 Å². The van der Waals surface area contributed by atoms with E-state index in [1.807, 2.05) is 6.07 Å². The standard InChI is InChI=1S/C22H22FN7O/c1-13-11-30-12-15(9-17(23)21(30)27-13)29-22(31)16-4-5-18(20-19(16)25-7-8-26-20)28-14-3-2-6-24-10-14/h4-5,7-9,11-12,14,24,28H,2-3,6,10H2,1H3,(H,29,31)/t14-/m0/s1. The SMILES string of the molecule is Cc1cn2cc(NC(=O)c3ccc(N[C@H]4CCCNC4)c4nccnc34)cc(F)c2n1. The van der Waals surface area contributed by atoms with E-state index in [0.29, 0.717) is 34.0 Å². The molecule has 1 amide bonds. The van der Waals surface area contributed by atoms with Crippen LogP contribution in [0.1, 0.15) is 28.9 Å². The number of benzene rings is 1. The molecule has 4 aromatic rings. The Morgan fingerprint density at radius 3 is 2.87 bits per heavy atom. The van der Waals surface area contributed by atoms with Gasteiger partial charge in [0.15, 0.2) is 11.5 Å². The number of aryl methyl sites for hydroxylation is 1. The predicted octanol–water partition coefficient (Wildman–Crippen LogP) is 3.14. The van der Waals surface area contributed by atoms with Gasteiger partial charge in [0, 0.05) is 43.4 Å². The van der Waals surface area contributed by atoms with Crippen molar-refractivity contribution in [1.82, 2.24) is 24.7 Å². The first-order valence-corrected chi connectivity index (χ1v) is 10.3. The van der Waals surface area contributed by atoms with E-state index in [0.717, 1.165) is 31.6 Å². The highest BCUT2D eigenvalue weighted by Crippen LogP contribution is 2.26. The van der Waals surface area contributed by atoms with Crippen molar-refractivity contribution in [3.05, 3.63) is 60.1 Å². The molecule has 8 nitrogen and oxygen atoms in total. The van der Waals surface area contributed by atoms with Crippen LogP contribution < -0.4 is 16.0 Å². The number of nitrogens with one attached hydrogen (secondary N) is 3. The number of amides is 1. The molecule has 3 N–H and O–H groups in total. The van der Waals surface area contributed by atoms with Crippen LogP contribution in [-0.4, -0.2) is 44.4 Å². The predicted molar refractivity (Wildman–Crippen MR) is 117 cm³/mol. The van der Waals surface area contributed by atoms with Crippen LogP contribution in [0.25, 0.3) is 16.7 Å². The maximum absolute atomic E-state index is 14.4. The van der Waals surface area contributed by atoms with E-state index >= 15 is 0 Å². The molecule has 0 bridgehead atoms. The van der Waals surface area contributed by atoms with Crippen molar-refractivity contribution in [1.29, 1.82) is 0 Å². The molecular formula is C22H22FN7O. The largest absolute Gasteiger partial charge is 0.379 e. The summed E-state index contributed by atoms with van der Waals surface area (Å²) in [6.07, 6.45) is 8.69. The monoisotopic (exact) mass is 419 g/mol. The molecule has 1 aromatic carbocycles. The Bertz CT molecular complexity index is 1280. The molecule has 158 valence electrons. The number of halogens is 1. The number of fused-ring (bicyclic) bond motifs is 2. The van der Waals surface area contributed by atoms with Crippen molar-refractivity contribution in [3.8, 4) is 0 Å². The number of imidazole rings is 1. The second kappa shape index (κ2) is 7.92. The van der Waals surface area contributed by atoms with E-state index in [9.17, 15) is 9.18 Å². The smallest absolute Gasteiger partial charge is 0.257 e. The quantitative estimate of drug-likeness (QED) is 0.470. The van der Waals surface area contributed by atoms with Gasteiger partial charge in [0.25, 0.3) is 5.91 Å². The van der Waals surface area contributed by atoms with Crippen LogP contribution in [0.4, 0.5) is 15.8 Å². The van der Waals surface area contributed by atoms with Gasteiger partial charge in [-0.05, 0) is 38.4 Å². The highest BCUT2D eigenvalue weighted by atomic mass is 19.1. The van der Waals surface area contributed by atoms with Crippen LogP contribution in [0.2, 0.25) is 0 Å². The van der Waals surface area contributed by atoms with Crippen molar-refractivity contribution >= 4 is 34.0 Å². The minimum Gasteiger partial charge on any atom is -0.379 e. The first-order valence-electron chi connectivity index (χ1n) is 10.3. The first-order chi connectivity index (χ1) is 15.1. The lowest BCUT2D eigenvalue weighted by atomic mass is 10.1. The number of nitrogens with zero attached hydrogens (tertiary/aromatic N) is 4. The summed E-state index contributed by atoms with van der Waals surface area (Å²) in [6, 6.07) is 5.14. The lowest BCUT2D eigenvalue weighted by Crippen LogP contribution is -2.38. The van der Waals surface area contributed by atoms with Gasteiger partial charge < -0.3 is 20.4 Å². The highest BCUT2D eigenvalue weighted by molar-refractivity contribution is 6.13. The highest BCUT2D eigenvalue weighted by Gasteiger charge is 2.19. The topological polar surface area (TPSA) is 96.2 Å². The van der Waals surface area contributed by atoms with Crippen molar-refractivity contribution in [3.63, 3.8) is 0 Å². The Morgan fingerprint density at radius 1 is 1.23 bits per heavy atom. The summed E-state index contributed by atoms with van der Waals surface area (Å²) < 4.78 is 15.9. The number of hydrogen-bond acceptors (Lipinski definition) is 6. The van der Waals surface area contributed by atoms with Crippen molar-refractivity contribution in [2.75, 3.05) is 23.7 Å². The third-order valence-corrected chi connectivity index (χ3v) is 5.41. The molecule has 1 aliphatic rings. The minimum atomic E-state index is -0.504. The number of anilines is 2. The normalized spacial score (nSPS) is 16.5. The Balaban J connectivity index is 1.46. The molecule has 1 aliphatic heterocycles. The fraction of sp³-hybridized carbons (Fsp3) is 0.273. The van der Waals surface area contributed by atoms with Crippen molar-refractivity contribution in [2.45, 2.75) is 25.8 Å². The maximum atomic E-state index is 14.4. The summed E-state index contributed by atoms with van der Waals surface area (Å²) in [5, 5.41) is 9.66. The molecule has 0 unspecified atom stereocenters. The van der Waals surface area contributed by atoms with E-state index < -0.39 is 5.82 Å². The maximum Gasteiger partial charge on any atom is 0.257 e. The van der Waals surface area contributed by atoms with E-state index in [2.05, 4.69) is 30.9 Å². The molecule has 9 heteroatoms. The van der Waals surface area contributed by atoms with Gasteiger partial charge in [0.1, 0.15) is 11.0 Å². The number of rotatable bonds is 4. The fourth-order valence-electron chi connectivity index (χ4n) is 4.00. The third kappa shape index (κ3) is 3.79. The summed E-state index contributed by atoms with van der Waals surface area (Å²) in [7, 11) is 0. The molecule has 31 heavy (non-hydrogen) atoms. The van der Waals surface area contributed by atoms with E-state index in [1.54, 1.807) is 42.2 Å². The molecule has 0 spiro atoms. The summed E-state index contributed by atoms with van der Waals surface area (Å²) in [5.74, 6) is -0.886. The van der Waals surface area contributed by atoms with E-state index in [-0.39, 0.29) is 11.6 Å². The van der Waals surface area contributed by atoms with Crippen LogP contribution in [-0.2, 0) is 0 Å². The molecule has 0 saturated carbocycles. The van der Waals surface area contributed by atoms with Crippen molar-refractivity contribution < 1.29 is 9.18 Å². The minimum absolute atomic E-state index is 0.222. The molecule has 1 fully saturated rings. The van der Waals surface area contributed by atoms with Gasteiger partial charge in [-0.1, -0.05) is 0 Å². The van der Waals surface area contributed by atoms with Crippen molar-refractivity contribution in [2.24, 2.45) is 0 Å². The number of piperidine rings is 1. The van der Waals surface area contributed by atoms with Gasteiger partial charge in [-0.25, -0.2) is 9.37 Å². The Morgan fingerprint density at radius 2 is 2.06 bits per heavy atom. The van der Waals surface area contributed by atoms with E-state index in [1.165, 1.54) is 6.07 Å². The number of pyridine rings is 1. The zero-order valence-corrected chi connectivity index (χ0v) is 17.0. The molecule has 4 heterocycles. The number of carbonyl (C=O) groups excluding carboxylic acids is 1. The molecule has 1 atom stereocenters. The van der Waals surface area contributed by atoms with Gasteiger partial charge in [-0.15, -0.1) is 0 Å². The Kier molecular flexibility index (Phi) is 4.95. The summed E-state index contributed by atoms with van der Waals surface area (Å²) in [5.41, 5.74) is 3.59. The van der Waals surface area contributed by atoms with Crippen LogP contribution >= 0.6 is 0 Å². The molecular weight excluding hydrogens is 397 g/mol. The van der Waals surface area contributed by atoms with Gasteiger partial charge >= 0.3 is 0 Å². The second-order valence-electron chi connectivity index (χ2n) is 7.75. The first kappa shape index (κ1) is 19.4. The molecule has 5 rings (SSSR count). The number of aromatic nitrogens is 4. The Labute approximate surface area is 177 Å². The third-order valence-electron chi connectivity index (χ3n) is 5.41. The zero-order chi connectivity index (χ0) is 21.4. The van der Waals surface area contributed by atoms with Crippen LogP contribution in [0.3, 0.4) is 0 Å². The summed E-state index contributed by atoms with van der Waals surface area (Å²) >= 11 is 0. The average Bonchev–Trinajstić information content (AvgIpc) is 3.15. The molecule has 0 aliphatic carbocycles. The lowest BCUT2D eigenvalue weighted by Gasteiger charge is -2.25. The van der Waals surface area contributed by atoms with E-state index in [4.69, 9.17) is 0 Å². The number of carbonyl (C=O) groups is 1. The average molecular weight is 419 g/mol.